The van der Waals surface area contributed by atoms with Crippen molar-refractivity contribution >= 4 is 18.3 Å². The van der Waals surface area contributed by atoms with Crippen molar-refractivity contribution in [1.29, 1.82) is 0 Å². The third-order valence-electron chi connectivity index (χ3n) is 5.84. The second-order valence-electron chi connectivity index (χ2n) is 7.76. The van der Waals surface area contributed by atoms with Gasteiger partial charge < -0.3 is 10.2 Å². The normalized spacial score (nSPS) is 22.4. The van der Waals surface area contributed by atoms with Crippen LogP contribution in [-0.4, -0.2) is 51.5 Å². The SMILES string of the molecule is Cl.O=C(c1cn(C2CCNCC2)nn1)N(CC1CCCCC1)C1CC1. The highest BCUT2D eigenvalue weighted by Gasteiger charge is 2.36. The Bertz CT molecular complexity index is 562. The number of piperidine rings is 1. The van der Waals surface area contributed by atoms with Gasteiger partial charge in [-0.15, -0.1) is 17.5 Å². The molecule has 0 bridgehead atoms. The predicted octanol–water partition coefficient (Wildman–Crippen LogP) is 2.81. The molecule has 140 valence electrons. The average Bonchev–Trinajstić information content (AvgIpc) is 3.36. The van der Waals surface area contributed by atoms with Crippen molar-refractivity contribution in [1.82, 2.24) is 25.2 Å². The minimum absolute atomic E-state index is 0. The van der Waals surface area contributed by atoms with Gasteiger partial charge in [-0.3, -0.25) is 4.79 Å². The molecule has 3 fully saturated rings. The van der Waals surface area contributed by atoms with Gasteiger partial charge in [0.2, 0.25) is 0 Å². The molecule has 1 aromatic rings. The molecule has 0 spiro atoms. The summed E-state index contributed by atoms with van der Waals surface area (Å²) < 4.78 is 1.92. The predicted molar refractivity (Wildman–Crippen MR) is 99.0 cm³/mol. The van der Waals surface area contributed by atoms with E-state index in [0.717, 1.165) is 45.3 Å². The van der Waals surface area contributed by atoms with Crippen molar-refractivity contribution in [2.75, 3.05) is 19.6 Å². The quantitative estimate of drug-likeness (QED) is 0.869. The lowest BCUT2D eigenvalue weighted by atomic mass is 9.89. The molecule has 25 heavy (non-hydrogen) atoms. The van der Waals surface area contributed by atoms with Crippen LogP contribution in [0.2, 0.25) is 0 Å². The van der Waals surface area contributed by atoms with Crippen molar-refractivity contribution in [3.63, 3.8) is 0 Å². The number of amides is 1. The Morgan fingerprint density at radius 1 is 1.12 bits per heavy atom. The lowest BCUT2D eigenvalue weighted by Crippen LogP contribution is -2.38. The maximum absolute atomic E-state index is 13.0. The van der Waals surface area contributed by atoms with Crippen molar-refractivity contribution in [2.45, 2.75) is 69.9 Å². The molecular formula is C18H30ClN5O. The number of halogens is 1. The smallest absolute Gasteiger partial charge is 0.276 e. The van der Waals surface area contributed by atoms with E-state index >= 15 is 0 Å². The molecule has 2 heterocycles. The molecule has 3 aliphatic rings. The molecule has 1 aromatic heterocycles. The number of hydrogen-bond donors (Lipinski definition) is 1. The standard InChI is InChI=1S/C18H29N5O.ClH/c24-18(17-13-23(21-20-17)16-8-10-19-11-9-16)22(15-6-7-15)12-14-4-2-1-3-5-14;/h13-16,19H,1-12H2;1H. The first-order valence-electron chi connectivity index (χ1n) is 9.75. The molecule has 7 heteroatoms. The molecule has 0 unspecified atom stereocenters. The first kappa shape index (κ1) is 18.6. The van der Waals surface area contributed by atoms with Crippen LogP contribution in [0.25, 0.3) is 0 Å². The maximum atomic E-state index is 13.0. The van der Waals surface area contributed by atoms with Crippen molar-refractivity contribution in [3.8, 4) is 0 Å². The molecule has 2 aliphatic carbocycles. The number of nitrogens with one attached hydrogen (secondary N) is 1. The van der Waals surface area contributed by atoms with Gasteiger partial charge in [0.25, 0.3) is 5.91 Å². The summed E-state index contributed by atoms with van der Waals surface area (Å²) in [6, 6.07) is 0.830. The van der Waals surface area contributed by atoms with E-state index in [9.17, 15) is 4.79 Å². The summed E-state index contributed by atoms with van der Waals surface area (Å²) in [5.41, 5.74) is 0.538. The summed E-state index contributed by atoms with van der Waals surface area (Å²) in [5.74, 6) is 0.783. The molecule has 1 N–H and O–H groups in total. The van der Waals surface area contributed by atoms with Gasteiger partial charge >= 0.3 is 0 Å². The first-order valence-corrected chi connectivity index (χ1v) is 9.75. The van der Waals surface area contributed by atoms with Crippen molar-refractivity contribution < 1.29 is 4.79 Å². The topological polar surface area (TPSA) is 63.1 Å². The maximum Gasteiger partial charge on any atom is 0.276 e. The van der Waals surface area contributed by atoms with Crippen LogP contribution >= 0.6 is 12.4 Å². The molecule has 1 aliphatic heterocycles. The molecule has 6 nitrogen and oxygen atoms in total. The molecule has 0 aromatic carbocycles. The Morgan fingerprint density at radius 2 is 1.84 bits per heavy atom. The van der Waals surface area contributed by atoms with Crippen LogP contribution in [0.5, 0.6) is 0 Å². The monoisotopic (exact) mass is 367 g/mol. The Balaban J connectivity index is 0.00000182. The lowest BCUT2D eigenvalue weighted by Gasteiger charge is -2.29. The summed E-state index contributed by atoms with van der Waals surface area (Å²) in [6.45, 7) is 2.96. The zero-order chi connectivity index (χ0) is 16.4. The minimum Gasteiger partial charge on any atom is -0.334 e. The number of aromatic nitrogens is 3. The molecule has 4 rings (SSSR count). The molecule has 1 amide bonds. The van der Waals surface area contributed by atoms with Crippen LogP contribution in [0.15, 0.2) is 6.20 Å². The number of hydrogen-bond acceptors (Lipinski definition) is 4. The van der Waals surface area contributed by atoms with Gasteiger partial charge in [-0.05, 0) is 57.5 Å². The van der Waals surface area contributed by atoms with Gasteiger partial charge in [0, 0.05) is 12.6 Å². The summed E-state index contributed by atoms with van der Waals surface area (Å²) in [5, 5.41) is 11.8. The first-order chi connectivity index (χ1) is 11.8. The van der Waals surface area contributed by atoms with Crippen LogP contribution in [0.3, 0.4) is 0 Å². The van der Waals surface area contributed by atoms with Gasteiger partial charge in [-0.25, -0.2) is 4.68 Å². The molecule has 0 radical (unpaired) electrons. The largest absolute Gasteiger partial charge is 0.334 e. The Labute approximate surface area is 156 Å². The number of carbonyl (C=O) groups is 1. The number of rotatable bonds is 5. The highest BCUT2D eigenvalue weighted by atomic mass is 35.5. The summed E-state index contributed by atoms with van der Waals surface area (Å²) >= 11 is 0. The van der Waals surface area contributed by atoms with Gasteiger partial charge in [0.1, 0.15) is 0 Å². The Kier molecular flexibility index (Phi) is 6.34. The molecular weight excluding hydrogens is 338 g/mol. The average molecular weight is 368 g/mol. The van der Waals surface area contributed by atoms with E-state index in [1.54, 1.807) is 0 Å². The van der Waals surface area contributed by atoms with E-state index in [1.807, 2.05) is 10.9 Å². The van der Waals surface area contributed by atoms with Crippen LogP contribution in [-0.2, 0) is 0 Å². The Hall–Kier alpha value is -1.14. The van der Waals surface area contributed by atoms with Crippen molar-refractivity contribution in [2.24, 2.45) is 5.92 Å². The third-order valence-corrected chi connectivity index (χ3v) is 5.84. The molecule has 0 atom stereocenters. The molecule has 1 saturated heterocycles. The molecule has 2 saturated carbocycles. The van der Waals surface area contributed by atoms with Crippen LogP contribution < -0.4 is 5.32 Å². The number of nitrogens with zero attached hydrogens (tertiary/aromatic N) is 4. The third kappa shape index (κ3) is 4.53. The van der Waals surface area contributed by atoms with E-state index in [2.05, 4.69) is 20.5 Å². The summed E-state index contributed by atoms with van der Waals surface area (Å²) in [7, 11) is 0. The zero-order valence-electron chi connectivity index (χ0n) is 14.9. The van der Waals surface area contributed by atoms with Gasteiger partial charge in [0.15, 0.2) is 5.69 Å². The van der Waals surface area contributed by atoms with E-state index in [-0.39, 0.29) is 18.3 Å². The second kappa shape index (κ2) is 8.49. The number of carbonyl (C=O) groups excluding carboxylic acids is 1. The minimum atomic E-state index is 0. The van der Waals surface area contributed by atoms with Gasteiger partial charge in [-0.2, -0.15) is 0 Å². The summed E-state index contributed by atoms with van der Waals surface area (Å²) in [6.07, 6.45) is 12.9. The fourth-order valence-electron chi connectivity index (χ4n) is 4.20. The fraction of sp³-hybridized carbons (Fsp3) is 0.833. The van der Waals surface area contributed by atoms with E-state index < -0.39 is 0 Å². The highest BCUT2D eigenvalue weighted by molar-refractivity contribution is 5.92. The van der Waals surface area contributed by atoms with E-state index in [4.69, 9.17) is 0 Å². The Morgan fingerprint density at radius 3 is 2.52 bits per heavy atom. The second-order valence-corrected chi connectivity index (χ2v) is 7.76. The van der Waals surface area contributed by atoms with E-state index in [1.165, 1.54) is 32.1 Å². The summed E-state index contributed by atoms with van der Waals surface area (Å²) in [4.78, 5) is 15.1. The highest BCUT2D eigenvalue weighted by Crippen LogP contribution is 2.32. The van der Waals surface area contributed by atoms with Gasteiger partial charge in [0.05, 0.1) is 12.2 Å². The fourth-order valence-corrected chi connectivity index (χ4v) is 4.20. The lowest BCUT2D eigenvalue weighted by molar-refractivity contribution is 0.0692. The van der Waals surface area contributed by atoms with Crippen molar-refractivity contribution in [3.05, 3.63) is 11.9 Å². The van der Waals surface area contributed by atoms with Crippen LogP contribution in [0.1, 0.15) is 74.3 Å². The van der Waals surface area contributed by atoms with Crippen LogP contribution in [0, 0.1) is 5.92 Å². The van der Waals surface area contributed by atoms with Crippen LogP contribution in [0.4, 0.5) is 0 Å². The zero-order valence-corrected chi connectivity index (χ0v) is 15.7. The van der Waals surface area contributed by atoms with Gasteiger partial charge in [-0.1, -0.05) is 24.5 Å². The van der Waals surface area contributed by atoms with E-state index in [0.29, 0.717) is 23.7 Å².